The first kappa shape index (κ1) is 14.8. The highest BCUT2D eigenvalue weighted by Gasteiger charge is 2.37. The lowest BCUT2D eigenvalue weighted by Gasteiger charge is -2.21. The third kappa shape index (κ3) is 2.79. The predicted molar refractivity (Wildman–Crippen MR) is 93.6 cm³/mol. The Hall–Kier alpha value is -1.72. The average molecular weight is 327 g/mol. The molecule has 4 nitrogen and oxygen atoms in total. The number of carbonyl (C=O) groups excluding carboxylic acids is 1. The fraction of sp³-hybridized carbons (Fsp3) is 0.444. The SMILES string of the molecule is NC1(C(=O)Nc2nc(-c3ccc4c(c3)CCC4)cs2)CCCC1. The Kier molecular flexibility index (Phi) is 3.70. The Morgan fingerprint density at radius 1 is 1.17 bits per heavy atom. The summed E-state index contributed by atoms with van der Waals surface area (Å²) in [5, 5.41) is 5.56. The van der Waals surface area contributed by atoms with Gasteiger partial charge in [0.05, 0.1) is 11.2 Å². The average Bonchev–Trinajstić information content (AvgIpc) is 3.26. The maximum atomic E-state index is 12.4. The zero-order valence-corrected chi connectivity index (χ0v) is 13.9. The van der Waals surface area contributed by atoms with Crippen molar-refractivity contribution in [1.82, 2.24) is 4.98 Å². The van der Waals surface area contributed by atoms with Gasteiger partial charge < -0.3 is 11.1 Å². The monoisotopic (exact) mass is 327 g/mol. The minimum absolute atomic E-state index is 0.0927. The summed E-state index contributed by atoms with van der Waals surface area (Å²) in [6.07, 6.45) is 7.18. The molecule has 1 heterocycles. The Morgan fingerprint density at radius 2 is 1.96 bits per heavy atom. The quantitative estimate of drug-likeness (QED) is 0.906. The Morgan fingerprint density at radius 3 is 2.78 bits per heavy atom. The lowest BCUT2D eigenvalue weighted by Crippen LogP contribution is -2.48. The van der Waals surface area contributed by atoms with Crippen molar-refractivity contribution < 1.29 is 4.79 Å². The van der Waals surface area contributed by atoms with Crippen molar-refractivity contribution in [2.75, 3.05) is 5.32 Å². The number of thiazole rings is 1. The van der Waals surface area contributed by atoms with E-state index >= 15 is 0 Å². The van der Waals surface area contributed by atoms with Crippen LogP contribution in [0.3, 0.4) is 0 Å². The van der Waals surface area contributed by atoms with E-state index in [1.54, 1.807) is 0 Å². The summed E-state index contributed by atoms with van der Waals surface area (Å²) in [5.41, 5.74) is 10.4. The lowest BCUT2D eigenvalue weighted by atomic mass is 9.98. The molecular weight excluding hydrogens is 306 g/mol. The van der Waals surface area contributed by atoms with Crippen molar-refractivity contribution >= 4 is 22.4 Å². The third-order valence-electron chi connectivity index (χ3n) is 5.07. The number of aromatic nitrogens is 1. The van der Waals surface area contributed by atoms with Gasteiger partial charge >= 0.3 is 0 Å². The largest absolute Gasteiger partial charge is 0.317 e. The molecule has 0 bridgehead atoms. The highest BCUT2D eigenvalue weighted by Crippen LogP contribution is 2.32. The fourth-order valence-electron chi connectivity index (χ4n) is 3.65. The van der Waals surface area contributed by atoms with E-state index in [0.717, 1.165) is 43.4 Å². The van der Waals surface area contributed by atoms with Crippen LogP contribution in [0.4, 0.5) is 5.13 Å². The molecule has 3 N–H and O–H groups in total. The summed E-state index contributed by atoms with van der Waals surface area (Å²) in [5.74, 6) is -0.0927. The Labute approximate surface area is 140 Å². The molecule has 0 radical (unpaired) electrons. The van der Waals surface area contributed by atoms with E-state index in [-0.39, 0.29) is 5.91 Å². The van der Waals surface area contributed by atoms with Crippen LogP contribution in [0, 0.1) is 0 Å². The van der Waals surface area contributed by atoms with E-state index in [4.69, 9.17) is 5.73 Å². The van der Waals surface area contributed by atoms with Gasteiger partial charge in [-0.05, 0) is 49.3 Å². The lowest BCUT2D eigenvalue weighted by molar-refractivity contribution is -0.121. The van der Waals surface area contributed by atoms with E-state index in [1.165, 1.54) is 35.3 Å². The highest BCUT2D eigenvalue weighted by atomic mass is 32.1. The number of carbonyl (C=O) groups is 1. The Balaban J connectivity index is 1.52. The number of fused-ring (bicyclic) bond motifs is 1. The van der Waals surface area contributed by atoms with E-state index in [0.29, 0.717) is 5.13 Å². The van der Waals surface area contributed by atoms with Gasteiger partial charge in [-0.15, -0.1) is 11.3 Å². The first-order chi connectivity index (χ1) is 11.1. The van der Waals surface area contributed by atoms with Gasteiger partial charge in [0.15, 0.2) is 5.13 Å². The minimum atomic E-state index is -0.709. The van der Waals surface area contributed by atoms with Gasteiger partial charge in [0.1, 0.15) is 0 Å². The molecule has 0 aliphatic heterocycles. The molecule has 2 aliphatic carbocycles. The van der Waals surface area contributed by atoms with Crippen LogP contribution >= 0.6 is 11.3 Å². The number of amides is 1. The number of anilines is 1. The third-order valence-corrected chi connectivity index (χ3v) is 5.82. The van der Waals surface area contributed by atoms with Gasteiger partial charge in [0.2, 0.25) is 5.91 Å². The molecule has 5 heteroatoms. The molecule has 1 aromatic heterocycles. The zero-order valence-electron chi connectivity index (χ0n) is 13.1. The molecule has 1 aromatic carbocycles. The smallest absolute Gasteiger partial charge is 0.246 e. The number of benzene rings is 1. The van der Waals surface area contributed by atoms with Crippen LogP contribution in [0.15, 0.2) is 23.6 Å². The molecule has 2 aromatic rings. The van der Waals surface area contributed by atoms with E-state index in [2.05, 4.69) is 28.5 Å². The molecule has 0 saturated heterocycles. The second-order valence-corrected chi connectivity index (χ2v) is 7.55. The van der Waals surface area contributed by atoms with Crippen molar-refractivity contribution in [3.05, 3.63) is 34.7 Å². The molecule has 0 atom stereocenters. The van der Waals surface area contributed by atoms with Crippen molar-refractivity contribution in [1.29, 1.82) is 0 Å². The van der Waals surface area contributed by atoms with Gasteiger partial charge in [-0.3, -0.25) is 4.79 Å². The molecule has 1 saturated carbocycles. The van der Waals surface area contributed by atoms with Gasteiger partial charge in [0.25, 0.3) is 0 Å². The first-order valence-electron chi connectivity index (χ1n) is 8.32. The normalized spacial score (nSPS) is 18.8. The van der Waals surface area contributed by atoms with E-state index in [1.807, 2.05) is 5.38 Å². The number of hydrogen-bond donors (Lipinski definition) is 2. The van der Waals surface area contributed by atoms with Gasteiger partial charge in [0, 0.05) is 10.9 Å². The number of nitrogens with two attached hydrogens (primary N) is 1. The minimum Gasteiger partial charge on any atom is -0.317 e. The summed E-state index contributed by atoms with van der Waals surface area (Å²) in [4.78, 5) is 16.9. The van der Waals surface area contributed by atoms with E-state index < -0.39 is 5.54 Å². The van der Waals surface area contributed by atoms with Gasteiger partial charge in [-0.2, -0.15) is 0 Å². The fourth-order valence-corrected chi connectivity index (χ4v) is 4.36. The number of hydrogen-bond acceptors (Lipinski definition) is 4. The van der Waals surface area contributed by atoms with Crippen LogP contribution in [0.1, 0.15) is 43.2 Å². The van der Waals surface area contributed by atoms with Crippen LogP contribution in [0.5, 0.6) is 0 Å². The number of rotatable bonds is 3. The van der Waals surface area contributed by atoms with Crippen LogP contribution < -0.4 is 11.1 Å². The molecule has 0 unspecified atom stereocenters. The summed E-state index contributed by atoms with van der Waals surface area (Å²) in [6.45, 7) is 0. The molecule has 23 heavy (non-hydrogen) atoms. The topological polar surface area (TPSA) is 68.0 Å². The van der Waals surface area contributed by atoms with Crippen molar-refractivity contribution in [3.8, 4) is 11.3 Å². The number of aryl methyl sites for hydroxylation is 2. The highest BCUT2D eigenvalue weighted by molar-refractivity contribution is 7.14. The molecule has 4 rings (SSSR count). The first-order valence-corrected chi connectivity index (χ1v) is 9.20. The Bertz CT molecular complexity index is 746. The van der Waals surface area contributed by atoms with E-state index in [9.17, 15) is 4.79 Å². The standard InChI is InChI=1S/C18H21N3OS/c19-18(8-1-2-9-18)16(22)21-17-20-15(11-23-17)14-7-6-12-4-3-5-13(12)10-14/h6-7,10-11H,1-5,8-9,19H2,(H,20,21,22). The summed E-state index contributed by atoms with van der Waals surface area (Å²) in [7, 11) is 0. The number of nitrogens with one attached hydrogen (secondary N) is 1. The van der Waals surface area contributed by atoms with Crippen LogP contribution in [-0.2, 0) is 17.6 Å². The van der Waals surface area contributed by atoms with Gasteiger partial charge in [-0.1, -0.05) is 25.0 Å². The van der Waals surface area contributed by atoms with Crippen LogP contribution in [-0.4, -0.2) is 16.4 Å². The molecule has 2 aliphatic rings. The predicted octanol–water partition coefficient (Wildman–Crippen LogP) is 3.51. The zero-order chi connectivity index (χ0) is 15.9. The molecule has 120 valence electrons. The summed E-state index contributed by atoms with van der Waals surface area (Å²) >= 11 is 1.46. The second kappa shape index (κ2) is 5.73. The van der Waals surface area contributed by atoms with Crippen LogP contribution in [0.25, 0.3) is 11.3 Å². The number of nitrogens with zero attached hydrogens (tertiary/aromatic N) is 1. The summed E-state index contributed by atoms with van der Waals surface area (Å²) < 4.78 is 0. The van der Waals surface area contributed by atoms with Crippen molar-refractivity contribution in [3.63, 3.8) is 0 Å². The van der Waals surface area contributed by atoms with Crippen molar-refractivity contribution in [2.24, 2.45) is 5.73 Å². The molecule has 1 amide bonds. The van der Waals surface area contributed by atoms with Gasteiger partial charge in [-0.25, -0.2) is 4.98 Å². The molecule has 1 fully saturated rings. The van der Waals surface area contributed by atoms with Crippen molar-refractivity contribution in [2.45, 2.75) is 50.5 Å². The molecular formula is C18H21N3OS. The maximum absolute atomic E-state index is 12.4. The maximum Gasteiger partial charge on any atom is 0.246 e. The van der Waals surface area contributed by atoms with Crippen LogP contribution in [0.2, 0.25) is 0 Å². The second-order valence-electron chi connectivity index (χ2n) is 6.69. The molecule has 0 spiro atoms. The summed E-state index contributed by atoms with van der Waals surface area (Å²) in [6, 6.07) is 6.58.